The number of rotatable bonds is 0. The Labute approximate surface area is 94.9 Å². The molecule has 0 N–H and O–H groups in total. The largest absolute Gasteiger partial charge is 0.417 e. The van der Waals surface area contributed by atoms with Crippen molar-refractivity contribution in [2.75, 3.05) is 0 Å². The molecule has 1 nitrogen and oxygen atoms in total. The fraction of sp³-hybridized carbons (Fsp3) is 0.182. The summed E-state index contributed by atoms with van der Waals surface area (Å²) in [6.45, 7) is 1.69. The van der Waals surface area contributed by atoms with Crippen LogP contribution in [0.1, 0.15) is 11.3 Å². The molecule has 0 saturated carbocycles. The Kier molecular flexibility index (Phi) is 2.54. The van der Waals surface area contributed by atoms with Crippen LogP contribution in [0.15, 0.2) is 24.3 Å². The maximum atomic E-state index is 12.7. The topological polar surface area (TPSA) is 12.9 Å². The molecule has 5 heteroatoms. The molecule has 0 amide bonds. The molecule has 1 aromatic heterocycles. The third kappa shape index (κ3) is 1.85. The number of hydrogen-bond donors (Lipinski definition) is 0. The molecule has 0 unspecified atom stereocenters. The minimum absolute atomic E-state index is 0.0396. The summed E-state index contributed by atoms with van der Waals surface area (Å²) in [5, 5.41) is 0.0395. The smallest absolute Gasteiger partial charge is 0.253 e. The second-order valence-electron chi connectivity index (χ2n) is 3.44. The van der Waals surface area contributed by atoms with Crippen LogP contribution >= 0.6 is 11.6 Å². The van der Waals surface area contributed by atoms with Crippen LogP contribution < -0.4 is 0 Å². The van der Waals surface area contributed by atoms with Crippen LogP contribution in [0.2, 0.25) is 5.02 Å². The molecule has 16 heavy (non-hydrogen) atoms. The third-order valence-corrected chi connectivity index (χ3v) is 2.52. The van der Waals surface area contributed by atoms with E-state index in [9.17, 15) is 13.2 Å². The first-order valence-electron chi connectivity index (χ1n) is 4.52. The SMILES string of the molecule is Cc1cc(Cl)c2c(C(F)(F)F)cccc2n1. The number of fused-ring (bicyclic) bond motifs is 1. The van der Waals surface area contributed by atoms with Gasteiger partial charge in [-0.1, -0.05) is 17.7 Å². The monoisotopic (exact) mass is 245 g/mol. The number of halogens is 4. The van der Waals surface area contributed by atoms with Gasteiger partial charge in [-0.25, -0.2) is 0 Å². The highest BCUT2D eigenvalue weighted by Gasteiger charge is 2.33. The fourth-order valence-electron chi connectivity index (χ4n) is 1.60. The fourth-order valence-corrected chi connectivity index (χ4v) is 1.95. The first kappa shape index (κ1) is 11.2. The predicted molar refractivity (Wildman–Crippen MR) is 56.5 cm³/mol. The minimum atomic E-state index is -4.42. The molecule has 0 radical (unpaired) electrons. The van der Waals surface area contributed by atoms with Crippen LogP contribution in [0, 0.1) is 6.92 Å². The standard InChI is InChI=1S/C11H7ClF3N/c1-6-5-8(12)10-7(11(13,14)15)3-2-4-9(10)16-6/h2-5H,1H3. The maximum Gasteiger partial charge on any atom is 0.417 e. The van der Waals surface area contributed by atoms with Gasteiger partial charge in [0.05, 0.1) is 16.1 Å². The van der Waals surface area contributed by atoms with E-state index in [4.69, 9.17) is 11.6 Å². The van der Waals surface area contributed by atoms with Gasteiger partial charge in [0.1, 0.15) is 0 Å². The summed E-state index contributed by atoms with van der Waals surface area (Å²) in [5.41, 5.74) is 0.110. The normalized spacial score (nSPS) is 12.1. The van der Waals surface area contributed by atoms with Crippen LogP contribution in [0.25, 0.3) is 10.9 Å². The molecule has 0 aliphatic heterocycles. The van der Waals surface area contributed by atoms with E-state index in [0.29, 0.717) is 5.69 Å². The van der Waals surface area contributed by atoms with E-state index in [1.165, 1.54) is 18.2 Å². The van der Waals surface area contributed by atoms with Crippen molar-refractivity contribution >= 4 is 22.5 Å². The Hall–Kier alpha value is -1.29. The molecule has 0 saturated heterocycles. The zero-order chi connectivity index (χ0) is 11.9. The van der Waals surface area contributed by atoms with E-state index in [2.05, 4.69) is 4.98 Å². The lowest BCUT2D eigenvalue weighted by Crippen LogP contribution is -2.06. The van der Waals surface area contributed by atoms with Gasteiger partial charge in [-0.2, -0.15) is 13.2 Å². The van der Waals surface area contributed by atoms with Crippen molar-refractivity contribution in [1.29, 1.82) is 0 Å². The summed E-state index contributed by atoms with van der Waals surface area (Å²) in [7, 11) is 0. The van der Waals surface area contributed by atoms with Gasteiger partial charge in [0, 0.05) is 11.1 Å². The van der Waals surface area contributed by atoms with Crippen LogP contribution in [-0.4, -0.2) is 4.98 Å². The highest BCUT2D eigenvalue weighted by atomic mass is 35.5. The number of nitrogens with zero attached hydrogens (tertiary/aromatic N) is 1. The first-order valence-corrected chi connectivity index (χ1v) is 4.90. The maximum absolute atomic E-state index is 12.7. The second-order valence-corrected chi connectivity index (χ2v) is 3.85. The zero-order valence-corrected chi connectivity index (χ0v) is 9.02. The van der Waals surface area contributed by atoms with Gasteiger partial charge >= 0.3 is 6.18 Å². The van der Waals surface area contributed by atoms with Gasteiger partial charge in [0.25, 0.3) is 0 Å². The quantitative estimate of drug-likeness (QED) is 0.677. The highest BCUT2D eigenvalue weighted by molar-refractivity contribution is 6.35. The van der Waals surface area contributed by atoms with Crippen molar-refractivity contribution < 1.29 is 13.2 Å². The summed E-state index contributed by atoms with van der Waals surface area (Å²) >= 11 is 5.83. The molecule has 0 aliphatic carbocycles. The molecular formula is C11H7ClF3N. The first-order chi connectivity index (χ1) is 7.39. The molecule has 0 bridgehead atoms. The lowest BCUT2D eigenvalue weighted by Gasteiger charge is -2.11. The molecular weight excluding hydrogens is 239 g/mol. The van der Waals surface area contributed by atoms with E-state index in [1.807, 2.05) is 0 Å². The summed E-state index contributed by atoms with van der Waals surface area (Å²) < 4.78 is 38.1. The van der Waals surface area contributed by atoms with E-state index < -0.39 is 11.7 Å². The van der Waals surface area contributed by atoms with Crippen LogP contribution in [0.3, 0.4) is 0 Å². The average Bonchev–Trinajstić information content (AvgIpc) is 2.14. The van der Waals surface area contributed by atoms with Crippen molar-refractivity contribution in [2.45, 2.75) is 13.1 Å². The van der Waals surface area contributed by atoms with Crippen LogP contribution in [-0.2, 0) is 6.18 Å². The number of benzene rings is 1. The summed E-state index contributed by atoms with van der Waals surface area (Å²) in [6, 6.07) is 5.28. The number of alkyl halides is 3. The summed E-state index contributed by atoms with van der Waals surface area (Å²) in [6.07, 6.45) is -4.42. The zero-order valence-electron chi connectivity index (χ0n) is 8.27. The highest BCUT2D eigenvalue weighted by Crippen LogP contribution is 2.37. The molecule has 1 heterocycles. The van der Waals surface area contributed by atoms with Crippen molar-refractivity contribution in [3.8, 4) is 0 Å². The molecule has 0 atom stereocenters. The molecule has 0 aliphatic rings. The van der Waals surface area contributed by atoms with Crippen molar-refractivity contribution in [2.24, 2.45) is 0 Å². The lowest BCUT2D eigenvalue weighted by molar-refractivity contribution is -0.136. The van der Waals surface area contributed by atoms with Gasteiger partial charge in [0.15, 0.2) is 0 Å². The number of pyridine rings is 1. The minimum Gasteiger partial charge on any atom is -0.253 e. The Bertz CT molecular complexity index is 549. The molecule has 84 valence electrons. The molecule has 2 rings (SSSR count). The second kappa shape index (κ2) is 3.63. The van der Waals surface area contributed by atoms with Crippen LogP contribution in [0.5, 0.6) is 0 Å². The predicted octanol–water partition coefficient (Wildman–Crippen LogP) is 4.22. The summed E-state index contributed by atoms with van der Waals surface area (Å²) in [5.74, 6) is 0. The number of aromatic nitrogens is 1. The van der Waals surface area contributed by atoms with Gasteiger partial charge in [-0.15, -0.1) is 0 Å². The van der Waals surface area contributed by atoms with Crippen molar-refractivity contribution in [1.82, 2.24) is 4.98 Å². The van der Waals surface area contributed by atoms with E-state index in [-0.39, 0.29) is 15.9 Å². The van der Waals surface area contributed by atoms with Gasteiger partial charge < -0.3 is 0 Å². The van der Waals surface area contributed by atoms with E-state index >= 15 is 0 Å². The van der Waals surface area contributed by atoms with E-state index in [1.54, 1.807) is 6.92 Å². The van der Waals surface area contributed by atoms with Crippen molar-refractivity contribution in [3.05, 3.63) is 40.5 Å². The van der Waals surface area contributed by atoms with Crippen molar-refractivity contribution in [3.63, 3.8) is 0 Å². The lowest BCUT2D eigenvalue weighted by atomic mass is 10.1. The number of hydrogen-bond acceptors (Lipinski definition) is 1. The molecule has 0 fully saturated rings. The van der Waals surface area contributed by atoms with Gasteiger partial charge in [0.2, 0.25) is 0 Å². The number of aryl methyl sites for hydroxylation is 1. The summed E-state index contributed by atoms with van der Waals surface area (Å²) in [4.78, 5) is 4.03. The molecule has 0 spiro atoms. The Morgan fingerprint density at radius 2 is 1.94 bits per heavy atom. The molecule has 2 aromatic rings. The third-order valence-electron chi connectivity index (χ3n) is 2.22. The van der Waals surface area contributed by atoms with Gasteiger partial charge in [-0.3, -0.25) is 4.98 Å². The van der Waals surface area contributed by atoms with Crippen LogP contribution in [0.4, 0.5) is 13.2 Å². The van der Waals surface area contributed by atoms with E-state index in [0.717, 1.165) is 6.07 Å². The Morgan fingerprint density at radius 3 is 2.56 bits per heavy atom. The van der Waals surface area contributed by atoms with Gasteiger partial charge in [-0.05, 0) is 25.1 Å². The Morgan fingerprint density at radius 1 is 1.25 bits per heavy atom. The molecule has 1 aromatic carbocycles. The average molecular weight is 246 g/mol. The Balaban J connectivity index is 2.87.